The number of nitrogens with zero attached hydrogens (tertiary/aromatic N) is 3. The SMILES string of the molecule is Cc1cc(CN2CCN(C(=O)[C@H](N)C(C)C)CC2)on1. The van der Waals surface area contributed by atoms with Gasteiger partial charge in [-0.1, -0.05) is 19.0 Å². The minimum Gasteiger partial charge on any atom is -0.360 e. The highest BCUT2D eigenvalue weighted by Gasteiger charge is 2.27. The molecule has 2 rings (SSSR count). The first-order valence-corrected chi connectivity index (χ1v) is 7.16. The number of carbonyl (C=O) groups is 1. The molecule has 112 valence electrons. The summed E-state index contributed by atoms with van der Waals surface area (Å²) in [5.74, 6) is 1.12. The van der Waals surface area contributed by atoms with E-state index in [0.29, 0.717) is 0 Å². The van der Waals surface area contributed by atoms with Gasteiger partial charge < -0.3 is 15.2 Å². The summed E-state index contributed by atoms with van der Waals surface area (Å²) in [4.78, 5) is 16.3. The average molecular weight is 280 g/mol. The molecule has 0 saturated carbocycles. The molecule has 1 aromatic heterocycles. The summed E-state index contributed by atoms with van der Waals surface area (Å²) in [6.45, 7) is 9.76. The molecule has 0 bridgehead atoms. The molecule has 1 saturated heterocycles. The zero-order chi connectivity index (χ0) is 14.7. The summed E-state index contributed by atoms with van der Waals surface area (Å²) in [6.07, 6.45) is 0. The number of carbonyl (C=O) groups excluding carboxylic acids is 1. The van der Waals surface area contributed by atoms with Gasteiger partial charge in [0.25, 0.3) is 0 Å². The largest absolute Gasteiger partial charge is 0.360 e. The summed E-state index contributed by atoms with van der Waals surface area (Å²) in [5.41, 5.74) is 6.82. The Balaban J connectivity index is 1.82. The van der Waals surface area contributed by atoms with Crippen molar-refractivity contribution in [3.8, 4) is 0 Å². The quantitative estimate of drug-likeness (QED) is 0.874. The van der Waals surface area contributed by atoms with Crippen LogP contribution in [0.15, 0.2) is 10.6 Å². The minimum atomic E-state index is -0.390. The summed E-state index contributed by atoms with van der Waals surface area (Å²) in [7, 11) is 0. The summed E-state index contributed by atoms with van der Waals surface area (Å²) >= 11 is 0. The van der Waals surface area contributed by atoms with Crippen LogP contribution in [0.2, 0.25) is 0 Å². The molecule has 2 heterocycles. The van der Waals surface area contributed by atoms with E-state index in [1.54, 1.807) is 0 Å². The van der Waals surface area contributed by atoms with Gasteiger partial charge in [0.2, 0.25) is 5.91 Å². The Morgan fingerprint density at radius 3 is 2.55 bits per heavy atom. The lowest BCUT2D eigenvalue weighted by Gasteiger charge is -2.36. The van der Waals surface area contributed by atoms with E-state index in [1.807, 2.05) is 31.7 Å². The second-order valence-electron chi connectivity index (χ2n) is 5.81. The Morgan fingerprint density at radius 1 is 1.40 bits per heavy atom. The van der Waals surface area contributed by atoms with E-state index < -0.39 is 6.04 Å². The average Bonchev–Trinajstić information content (AvgIpc) is 2.83. The highest BCUT2D eigenvalue weighted by molar-refractivity contribution is 5.82. The van der Waals surface area contributed by atoms with E-state index >= 15 is 0 Å². The van der Waals surface area contributed by atoms with Gasteiger partial charge in [0.15, 0.2) is 5.76 Å². The zero-order valence-corrected chi connectivity index (χ0v) is 12.5. The van der Waals surface area contributed by atoms with Crippen molar-refractivity contribution in [1.82, 2.24) is 15.0 Å². The van der Waals surface area contributed by atoms with Gasteiger partial charge in [-0.3, -0.25) is 9.69 Å². The lowest BCUT2D eigenvalue weighted by Crippen LogP contribution is -2.54. The van der Waals surface area contributed by atoms with Crippen molar-refractivity contribution in [1.29, 1.82) is 0 Å². The lowest BCUT2D eigenvalue weighted by molar-refractivity contribution is -0.135. The van der Waals surface area contributed by atoms with Crippen LogP contribution in [-0.4, -0.2) is 53.1 Å². The number of aryl methyl sites for hydroxylation is 1. The normalized spacial score (nSPS) is 18.6. The summed E-state index contributed by atoms with van der Waals surface area (Å²) < 4.78 is 5.22. The number of amides is 1. The van der Waals surface area contributed by atoms with Gasteiger partial charge in [0.05, 0.1) is 18.3 Å². The van der Waals surface area contributed by atoms with E-state index in [1.165, 1.54) is 0 Å². The maximum absolute atomic E-state index is 12.2. The first-order valence-electron chi connectivity index (χ1n) is 7.16. The van der Waals surface area contributed by atoms with Gasteiger partial charge in [-0.2, -0.15) is 0 Å². The van der Waals surface area contributed by atoms with Gasteiger partial charge in [-0.15, -0.1) is 0 Å². The molecule has 1 amide bonds. The van der Waals surface area contributed by atoms with Gasteiger partial charge >= 0.3 is 0 Å². The van der Waals surface area contributed by atoms with Gasteiger partial charge in [0.1, 0.15) is 0 Å². The Bertz CT molecular complexity index is 450. The third kappa shape index (κ3) is 3.58. The standard InChI is InChI=1S/C14H24N4O2/c1-10(2)13(15)14(19)18-6-4-17(5-7-18)9-12-8-11(3)16-20-12/h8,10,13H,4-7,9,15H2,1-3H3/t13-/m1/s1. The van der Waals surface area contributed by atoms with Crippen LogP contribution in [0.1, 0.15) is 25.3 Å². The second kappa shape index (κ2) is 6.37. The van der Waals surface area contributed by atoms with Gasteiger partial charge in [0, 0.05) is 32.2 Å². The molecular weight excluding hydrogens is 256 g/mol. The Kier molecular flexibility index (Phi) is 4.77. The molecule has 0 unspecified atom stereocenters. The van der Waals surface area contributed by atoms with Crippen LogP contribution in [0.4, 0.5) is 0 Å². The fourth-order valence-electron chi connectivity index (χ4n) is 2.33. The molecule has 1 fully saturated rings. The maximum atomic E-state index is 12.2. The summed E-state index contributed by atoms with van der Waals surface area (Å²) in [5, 5.41) is 3.89. The molecule has 20 heavy (non-hydrogen) atoms. The number of hydrogen-bond acceptors (Lipinski definition) is 5. The van der Waals surface area contributed by atoms with E-state index in [9.17, 15) is 4.79 Å². The molecule has 2 N–H and O–H groups in total. The topological polar surface area (TPSA) is 75.6 Å². The van der Waals surface area contributed by atoms with Crippen molar-refractivity contribution in [2.24, 2.45) is 11.7 Å². The molecule has 6 heteroatoms. The second-order valence-corrected chi connectivity index (χ2v) is 5.81. The number of piperazine rings is 1. The van der Waals surface area contributed by atoms with Crippen LogP contribution in [0.5, 0.6) is 0 Å². The fraction of sp³-hybridized carbons (Fsp3) is 0.714. The van der Waals surface area contributed by atoms with Crippen molar-refractivity contribution in [2.45, 2.75) is 33.4 Å². The third-order valence-electron chi connectivity index (χ3n) is 3.74. The molecule has 0 aliphatic carbocycles. The first kappa shape index (κ1) is 15.0. The van der Waals surface area contributed by atoms with Crippen LogP contribution in [0.3, 0.4) is 0 Å². The summed E-state index contributed by atoms with van der Waals surface area (Å²) in [6, 6.07) is 1.56. The molecule has 6 nitrogen and oxygen atoms in total. The van der Waals surface area contributed by atoms with Gasteiger partial charge in [-0.05, 0) is 12.8 Å². The molecule has 1 aliphatic rings. The molecule has 0 spiro atoms. The van der Waals surface area contributed by atoms with Crippen LogP contribution in [0, 0.1) is 12.8 Å². The molecular formula is C14H24N4O2. The Morgan fingerprint density at radius 2 is 2.05 bits per heavy atom. The van der Waals surface area contributed by atoms with E-state index in [0.717, 1.165) is 44.2 Å². The monoisotopic (exact) mass is 280 g/mol. The van der Waals surface area contributed by atoms with Crippen LogP contribution in [0.25, 0.3) is 0 Å². The van der Waals surface area contributed by atoms with E-state index in [2.05, 4.69) is 10.1 Å². The minimum absolute atomic E-state index is 0.0650. The van der Waals surface area contributed by atoms with Crippen LogP contribution in [-0.2, 0) is 11.3 Å². The van der Waals surface area contributed by atoms with Crippen molar-refractivity contribution in [3.63, 3.8) is 0 Å². The smallest absolute Gasteiger partial charge is 0.239 e. The highest BCUT2D eigenvalue weighted by atomic mass is 16.5. The Hall–Kier alpha value is -1.40. The molecule has 0 radical (unpaired) electrons. The molecule has 1 atom stereocenters. The molecule has 0 aromatic carbocycles. The van der Waals surface area contributed by atoms with Gasteiger partial charge in [-0.25, -0.2) is 0 Å². The van der Waals surface area contributed by atoms with Crippen LogP contribution < -0.4 is 5.73 Å². The first-order chi connectivity index (χ1) is 9.47. The number of hydrogen-bond donors (Lipinski definition) is 1. The highest BCUT2D eigenvalue weighted by Crippen LogP contribution is 2.11. The zero-order valence-electron chi connectivity index (χ0n) is 12.5. The number of rotatable bonds is 4. The molecule has 1 aliphatic heterocycles. The number of aromatic nitrogens is 1. The van der Waals surface area contributed by atoms with E-state index in [-0.39, 0.29) is 11.8 Å². The van der Waals surface area contributed by atoms with E-state index in [4.69, 9.17) is 10.3 Å². The fourth-order valence-corrected chi connectivity index (χ4v) is 2.33. The Labute approximate surface area is 119 Å². The lowest BCUT2D eigenvalue weighted by atomic mass is 10.0. The predicted octanol–water partition coefficient (Wildman–Crippen LogP) is 0.611. The number of nitrogens with two attached hydrogens (primary N) is 1. The van der Waals surface area contributed by atoms with Crippen molar-refractivity contribution >= 4 is 5.91 Å². The maximum Gasteiger partial charge on any atom is 0.239 e. The van der Waals surface area contributed by atoms with Crippen molar-refractivity contribution in [3.05, 3.63) is 17.5 Å². The third-order valence-corrected chi connectivity index (χ3v) is 3.74. The molecule has 1 aromatic rings. The van der Waals surface area contributed by atoms with Crippen LogP contribution >= 0.6 is 0 Å². The van der Waals surface area contributed by atoms with Crippen molar-refractivity contribution in [2.75, 3.05) is 26.2 Å². The van der Waals surface area contributed by atoms with Crippen molar-refractivity contribution < 1.29 is 9.32 Å². The predicted molar refractivity (Wildman–Crippen MR) is 75.9 cm³/mol.